The van der Waals surface area contributed by atoms with Crippen molar-refractivity contribution >= 4 is 5.97 Å². The lowest BCUT2D eigenvalue weighted by atomic mass is 10.2. The number of aromatic nitrogens is 1. The molecule has 1 aromatic heterocycles. The van der Waals surface area contributed by atoms with Gasteiger partial charge in [0.05, 0.1) is 19.3 Å². The average Bonchev–Trinajstić information content (AvgIpc) is 3.07. The molecule has 0 bridgehead atoms. The summed E-state index contributed by atoms with van der Waals surface area (Å²) in [6.45, 7) is 4.25. The second-order valence-corrected chi connectivity index (χ2v) is 4.47. The summed E-state index contributed by atoms with van der Waals surface area (Å²) in [4.78, 5) is 15.8. The largest absolute Gasteiger partial charge is 0.468 e. The van der Waals surface area contributed by atoms with E-state index in [4.69, 9.17) is 9.15 Å². The molecule has 1 aliphatic carbocycles. The molecule has 0 aromatic carbocycles. The molecule has 0 spiro atoms. The topological polar surface area (TPSA) is 64.4 Å². The molecular weight excluding hydrogens is 220 g/mol. The molecule has 0 amide bonds. The van der Waals surface area contributed by atoms with Crippen molar-refractivity contribution in [2.45, 2.75) is 39.3 Å². The van der Waals surface area contributed by atoms with Crippen LogP contribution in [0, 0.1) is 19.8 Å². The van der Waals surface area contributed by atoms with Gasteiger partial charge in [0.15, 0.2) is 0 Å². The SMILES string of the molecule is COC(=O)C(NCc1nc(C)c(C)o1)C1CC1. The van der Waals surface area contributed by atoms with Crippen LogP contribution in [0.4, 0.5) is 0 Å². The first-order valence-corrected chi connectivity index (χ1v) is 5.86. The van der Waals surface area contributed by atoms with Crippen molar-refractivity contribution in [2.24, 2.45) is 5.92 Å². The number of ether oxygens (including phenoxy) is 1. The zero-order chi connectivity index (χ0) is 12.4. The quantitative estimate of drug-likeness (QED) is 0.784. The standard InChI is InChI=1S/C12H18N2O3/c1-7-8(2)17-10(14-7)6-13-11(9-4-5-9)12(15)16-3/h9,11,13H,4-6H2,1-3H3. The van der Waals surface area contributed by atoms with Gasteiger partial charge >= 0.3 is 5.97 Å². The number of nitrogens with zero attached hydrogens (tertiary/aromatic N) is 1. The molecule has 1 N–H and O–H groups in total. The van der Waals surface area contributed by atoms with Gasteiger partial charge in [-0.25, -0.2) is 4.98 Å². The Kier molecular flexibility index (Phi) is 3.47. The molecule has 1 aliphatic rings. The molecule has 1 atom stereocenters. The first-order chi connectivity index (χ1) is 8.11. The second-order valence-electron chi connectivity index (χ2n) is 4.47. The normalized spacial score (nSPS) is 16.9. The Morgan fingerprint density at radius 3 is 2.76 bits per heavy atom. The molecule has 94 valence electrons. The summed E-state index contributed by atoms with van der Waals surface area (Å²) in [7, 11) is 1.42. The monoisotopic (exact) mass is 238 g/mol. The fraction of sp³-hybridized carbons (Fsp3) is 0.667. The van der Waals surface area contributed by atoms with Crippen LogP contribution in [0.15, 0.2) is 4.42 Å². The number of carbonyl (C=O) groups excluding carboxylic acids is 1. The van der Waals surface area contributed by atoms with Crippen molar-refractivity contribution in [3.05, 3.63) is 17.3 Å². The van der Waals surface area contributed by atoms with E-state index in [9.17, 15) is 4.79 Å². The number of methoxy groups -OCH3 is 1. The molecule has 0 saturated heterocycles. The summed E-state index contributed by atoms with van der Waals surface area (Å²) in [5.41, 5.74) is 0.892. The maximum atomic E-state index is 11.6. The number of nitrogens with one attached hydrogen (secondary N) is 1. The highest BCUT2D eigenvalue weighted by Gasteiger charge is 2.36. The highest BCUT2D eigenvalue weighted by atomic mass is 16.5. The minimum atomic E-state index is -0.229. The van der Waals surface area contributed by atoms with Gasteiger partial charge in [0.25, 0.3) is 0 Å². The second kappa shape index (κ2) is 4.87. The van der Waals surface area contributed by atoms with Gasteiger partial charge in [-0.15, -0.1) is 0 Å². The van der Waals surface area contributed by atoms with E-state index in [0.29, 0.717) is 18.4 Å². The molecule has 17 heavy (non-hydrogen) atoms. The van der Waals surface area contributed by atoms with Crippen molar-refractivity contribution in [1.29, 1.82) is 0 Å². The fourth-order valence-corrected chi connectivity index (χ4v) is 1.81. The summed E-state index contributed by atoms with van der Waals surface area (Å²) in [5.74, 6) is 1.64. The smallest absolute Gasteiger partial charge is 0.323 e. The molecule has 1 unspecified atom stereocenters. The minimum absolute atomic E-state index is 0.201. The van der Waals surface area contributed by atoms with Gasteiger partial charge in [0.2, 0.25) is 5.89 Å². The Bertz CT molecular complexity index is 390. The van der Waals surface area contributed by atoms with Gasteiger partial charge in [0.1, 0.15) is 11.8 Å². The molecular formula is C12H18N2O3. The lowest BCUT2D eigenvalue weighted by Gasteiger charge is -2.14. The van der Waals surface area contributed by atoms with Crippen LogP contribution in [-0.2, 0) is 16.1 Å². The van der Waals surface area contributed by atoms with Crippen molar-refractivity contribution in [3.8, 4) is 0 Å². The van der Waals surface area contributed by atoms with Crippen LogP contribution < -0.4 is 5.32 Å². The molecule has 1 saturated carbocycles. The maximum absolute atomic E-state index is 11.6. The Labute approximate surface area is 101 Å². The molecule has 1 fully saturated rings. The van der Waals surface area contributed by atoms with Crippen LogP contribution in [-0.4, -0.2) is 24.1 Å². The lowest BCUT2D eigenvalue weighted by Crippen LogP contribution is -2.39. The molecule has 0 radical (unpaired) electrons. The van der Waals surface area contributed by atoms with Crippen LogP contribution in [0.1, 0.15) is 30.2 Å². The minimum Gasteiger partial charge on any atom is -0.468 e. The van der Waals surface area contributed by atoms with Crippen LogP contribution in [0.5, 0.6) is 0 Å². The summed E-state index contributed by atoms with van der Waals surface area (Å²) in [5, 5.41) is 3.16. The maximum Gasteiger partial charge on any atom is 0.323 e. The zero-order valence-electron chi connectivity index (χ0n) is 10.4. The van der Waals surface area contributed by atoms with E-state index in [0.717, 1.165) is 24.3 Å². The zero-order valence-corrected chi connectivity index (χ0v) is 10.4. The Morgan fingerprint density at radius 2 is 2.29 bits per heavy atom. The van der Waals surface area contributed by atoms with Crippen LogP contribution in [0.3, 0.4) is 0 Å². The van der Waals surface area contributed by atoms with Crippen molar-refractivity contribution in [1.82, 2.24) is 10.3 Å². The van der Waals surface area contributed by atoms with Crippen LogP contribution >= 0.6 is 0 Å². The highest BCUT2D eigenvalue weighted by Crippen LogP contribution is 2.33. The summed E-state index contributed by atoms with van der Waals surface area (Å²) >= 11 is 0. The third-order valence-corrected chi connectivity index (χ3v) is 3.09. The van der Waals surface area contributed by atoms with Gasteiger partial charge in [-0.2, -0.15) is 0 Å². The van der Waals surface area contributed by atoms with Crippen molar-refractivity contribution in [3.63, 3.8) is 0 Å². The molecule has 0 aliphatic heterocycles. The van der Waals surface area contributed by atoms with Crippen molar-refractivity contribution in [2.75, 3.05) is 7.11 Å². The molecule has 1 heterocycles. The molecule has 5 heteroatoms. The summed E-state index contributed by atoms with van der Waals surface area (Å²) in [6, 6.07) is -0.229. The summed E-state index contributed by atoms with van der Waals surface area (Å²) in [6.07, 6.45) is 2.16. The van der Waals surface area contributed by atoms with E-state index in [2.05, 4.69) is 10.3 Å². The van der Waals surface area contributed by atoms with Crippen LogP contribution in [0.2, 0.25) is 0 Å². The third-order valence-electron chi connectivity index (χ3n) is 3.09. The lowest BCUT2D eigenvalue weighted by molar-refractivity contribution is -0.143. The van der Waals surface area contributed by atoms with E-state index >= 15 is 0 Å². The first-order valence-electron chi connectivity index (χ1n) is 5.86. The van der Waals surface area contributed by atoms with E-state index < -0.39 is 0 Å². The van der Waals surface area contributed by atoms with Crippen LogP contribution in [0.25, 0.3) is 0 Å². The van der Waals surface area contributed by atoms with E-state index in [1.54, 1.807) is 0 Å². The number of hydrogen-bond donors (Lipinski definition) is 1. The van der Waals surface area contributed by atoms with Gasteiger partial charge in [-0.1, -0.05) is 0 Å². The highest BCUT2D eigenvalue weighted by molar-refractivity contribution is 5.76. The number of hydrogen-bond acceptors (Lipinski definition) is 5. The Hall–Kier alpha value is -1.36. The predicted molar refractivity (Wildman–Crippen MR) is 61.3 cm³/mol. The van der Waals surface area contributed by atoms with E-state index in [1.807, 2.05) is 13.8 Å². The number of oxazole rings is 1. The number of esters is 1. The molecule has 1 aromatic rings. The van der Waals surface area contributed by atoms with E-state index in [-0.39, 0.29) is 12.0 Å². The number of rotatable bonds is 5. The van der Waals surface area contributed by atoms with Crippen molar-refractivity contribution < 1.29 is 13.9 Å². The van der Waals surface area contributed by atoms with Gasteiger partial charge in [0, 0.05) is 0 Å². The summed E-state index contributed by atoms with van der Waals surface area (Å²) < 4.78 is 10.2. The number of carbonyl (C=O) groups is 1. The predicted octanol–water partition coefficient (Wildman–Crippen LogP) is 1.33. The number of aryl methyl sites for hydroxylation is 2. The molecule has 2 rings (SSSR count). The van der Waals surface area contributed by atoms with Gasteiger partial charge in [-0.05, 0) is 32.6 Å². The Morgan fingerprint density at radius 1 is 1.59 bits per heavy atom. The third kappa shape index (κ3) is 2.85. The van der Waals surface area contributed by atoms with Gasteiger partial charge < -0.3 is 9.15 Å². The molecule has 5 nitrogen and oxygen atoms in total. The first kappa shape index (κ1) is 12.1. The van der Waals surface area contributed by atoms with Gasteiger partial charge in [-0.3, -0.25) is 10.1 Å². The fourth-order valence-electron chi connectivity index (χ4n) is 1.81. The Balaban J connectivity index is 1.93. The van der Waals surface area contributed by atoms with E-state index in [1.165, 1.54) is 7.11 Å². The average molecular weight is 238 g/mol.